The molecule has 2 amide bonds. The van der Waals surface area contributed by atoms with Crippen molar-refractivity contribution in [2.75, 3.05) is 43.0 Å². The first kappa shape index (κ1) is 22.4. The fraction of sp³-hybridized carbons (Fsp3) is 0.192. The second-order valence-electron chi connectivity index (χ2n) is 8.10. The van der Waals surface area contributed by atoms with Crippen LogP contribution in [-0.2, 0) is 4.79 Å². The molecule has 9 heteroatoms. The van der Waals surface area contributed by atoms with Crippen molar-refractivity contribution < 1.29 is 23.1 Å². The highest BCUT2D eigenvalue weighted by atomic mass is 19.1. The number of ether oxygens (including phenoxy) is 1. The number of para-hydroxylation sites is 1. The molecule has 1 aliphatic heterocycles. The lowest BCUT2D eigenvalue weighted by Crippen LogP contribution is -2.49. The van der Waals surface area contributed by atoms with Gasteiger partial charge < -0.3 is 24.3 Å². The van der Waals surface area contributed by atoms with E-state index >= 15 is 0 Å². The average molecular weight is 474 g/mol. The number of furan rings is 1. The van der Waals surface area contributed by atoms with Crippen LogP contribution in [0.25, 0.3) is 10.9 Å². The molecule has 1 saturated heterocycles. The maximum atomic E-state index is 13.1. The van der Waals surface area contributed by atoms with Crippen molar-refractivity contribution in [2.24, 2.45) is 0 Å². The molecule has 178 valence electrons. The van der Waals surface area contributed by atoms with Crippen molar-refractivity contribution in [1.82, 2.24) is 9.88 Å². The summed E-state index contributed by atoms with van der Waals surface area (Å²) in [5.74, 6) is 0.757. The van der Waals surface area contributed by atoms with Gasteiger partial charge in [-0.1, -0.05) is 12.1 Å². The van der Waals surface area contributed by atoms with Crippen molar-refractivity contribution in [2.45, 2.75) is 0 Å². The Morgan fingerprint density at radius 3 is 2.51 bits per heavy atom. The molecule has 1 fully saturated rings. The zero-order valence-electron chi connectivity index (χ0n) is 18.8. The monoisotopic (exact) mass is 474 g/mol. The molecule has 0 unspecified atom stereocenters. The van der Waals surface area contributed by atoms with E-state index in [-0.39, 0.29) is 24.2 Å². The van der Waals surface area contributed by atoms with Crippen LogP contribution in [0.1, 0.15) is 10.6 Å². The van der Waals surface area contributed by atoms with Gasteiger partial charge in [-0.05, 0) is 54.6 Å². The molecule has 0 spiro atoms. The van der Waals surface area contributed by atoms with Crippen molar-refractivity contribution in [3.8, 4) is 5.75 Å². The van der Waals surface area contributed by atoms with E-state index in [9.17, 15) is 14.0 Å². The number of amides is 2. The van der Waals surface area contributed by atoms with Gasteiger partial charge in [0.15, 0.2) is 12.4 Å². The summed E-state index contributed by atoms with van der Waals surface area (Å²) in [6.07, 6.45) is 1.49. The second-order valence-corrected chi connectivity index (χ2v) is 8.10. The Labute approximate surface area is 200 Å². The number of nitrogens with zero attached hydrogens (tertiary/aromatic N) is 3. The van der Waals surface area contributed by atoms with Crippen LogP contribution in [0.3, 0.4) is 0 Å². The number of piperazine rings is 1. The zero-order valence-corrected chi connectivity index (χ0v) is 18.8. The third-order valence-corrected chi connectivity index (χ3v) is 5.78. The molecule has 3 heterocycles. The molecule has 0 aliphatic carbocycles. The van der Waals surface area contributed by atoms with Crippen molar-refractivity contribution in [1.29, 1.82) is 0 Å². The van der Waals surface area contributed by atoms with Gasteiger partial charge in [0.1, 0.15) is 22.9 Å². The maximum absolute atomic E-state index is 13.1. The van der Waals surface area contributed by atoms with Crippen molar-refractivity contribution in [3.05, 3.63) is 84.6 Å². The summed E-state index contributed by atoms with van der Waals surface area (Å²) in [6.45, 7) is 2.17. The Hall–Kier alpha value is -4.40. The quantitative estimate of drug-likeness (QED) is 0.455. The van der Waals surface area contributed by atoms with Crippen molar-refractivity contribution >= 4 is 34.2 Å². The number of hydrogen-bond donors (Lipinski definition) is 1. The highest BCUT2D eigenvalue weighted by molar-refractivity contribution is 5.93. The first-order chi connectivity index (χ1) is 17.1. The van der Waals surface area contributed by atoms with E-state index in [1.165, 1.54) is 30.5 Å². The van der Waals surface area contributed by atoms with Crippen LogP contribution in [0.15, 0.2) is 77.4 Å². The smallest absolute Gasteiger partial charge is 0.289 e. The van der Waals surface area contributed by atoms with Crippen LogP contribution in [0.2, 0.25) is 0 Å². The van der Waals surface area contributed by atoms with E-state index in [0.717, 1.165) is 11.2 Å². The lowest BCUT2D eigenvalue weighted by molar-refractivity contribution is -0.118. The number of pyridine rings is 1. The average Bonchev–Trinajstić information content (AvgIpc) is 3.43. The van der Waals surface area contributed by atoms with Crippen LogP contribution in [0.4, 0.5) is 15.9 Å². The number of carbonyl (C=O) groups excluding carboxylic acids is 2. The maximum Gasteiger partial charge on any atom is 0.289 e. The van der Waals surface area contributed by atoms with Crippen LogP contribution in [0.5, 0.6) is 5.75 Å². The SMILES string of the molecule is O=C(COc1cccc2ccc(N3CCN(C(=O)c4ccco4)CC3)nc12)Nc1ccc(F)cc1. The molecule has 2 aromatic carbocycles. The predicted molar refractivity (Wildman–Crippen MR) is 129 cm³/mol. The summed E-state index contributed by atoms with van der Waals surface area (Å²) in [7, 11) is 0. The fourth-order valence-electron chi connectivity index (χ4n) is 3.97. The molecule has 0 bridgehead atoms. The van der Waals surface area contributed by atoms with Gasteiger partial charge in [-0.2, -0.15) is 0 Å². The highest BCUT2D eigenvalue weighted by Gasteiger charge is 2.24. The molecule has 2 aromatic heterocycles. The summed E-state index contributed by atoms with van der Waals surface area (Å²) in [5, 5.41) is 3.56. The van der Waals surface area contributed by atoms with E-state index < -0.39 is 0 Å². The number of hydrogen-bond acceptors (Lipinski definition) is 6. The minimum atomic E-state index is -0.373. The molecule has 1 aliphatic rings. The summed E-state index contributed by atoms with van der Waals surface area (Å²) < 4.78 is 24.1. The Kier molecular flexibility index (Phi) is 6.30. The number of benzene rings is 2. The first-order valence-electron chi connectivity index (χ1n) is 11.2. The number of carbonyl (C=O) groups is 2. The number of halogens is 1. The number of anilines is 2. The molecule has 35 heavy (non-hydrogen) atoms. The normalized spacial score (nSPS) is 13.6. The molecule has 4 aromatic rings. The van der Waals surface area contributed by atoms with E-state index in [0.29, 0.717) is 48.9 Å². The zero-order chi connectivity index (χ0) is 24.2. The van der Waals surface area contributed by atoms with Gasteiger partial charge in [-0.3, -0.25) is 9.59 Å². The lowest BCUT2D eigenvalue weighted by atomic mass is 10.2. The van der Waals surface area contributed by atoms with E-state index in [1.54, 1.807) is 23.1 Å². The Bertz CT molecular complexity index is 1330. The van der Waals surface area contributed by atoms with E-state index in [2.05, 4.69) is 10.2 Å². The molecule has 8 nitrogen and oxygen atoms in total. The molecule has 0 saturated carbocycles. The Morgan fingerprint density at radius 2 is 1.77 bits per heavy atom. The minimum absolute atomic E-state index is 0.115. The van der Waals surface area contributed by atoms with Gasteiger partial charge in [0, 0.05) is 37.3 Å². The third-order valence-electron chi connectivity index (χ3n) is 5.78. The molecular weight excluding hydrogens is 451 g/mol. The van der Waals surface area contributed by atoms with E-state index in [1.807, 2.05) is 24.3 Å². The topological polar surface area (TPSA) is 87.9 Å². The van der Waals surface area contributed by atoms with Crippen LogP contribution in [0, 0.1) is 5.82 Å². The summed E-state index contributed by atoms with van der Waals surface area (Å²) in [4.78, 5) is 33.5. The Morgan fingerprint density at radius 1 is 0.971 bits per heavy atom. The third kappa shape index (κ3) is 5.08. The van der Waals surface area contributed by atoms with Crippen LogP contribution >= 0.6 is 0 Å². The van der Waals surface area contributed by atoms with Gasteiger partial charge in [0.2, 0.25) is 0 Å². The second kappa shape index (κ2) is 9.84. The number of nitrogens with one attached hydrogen (secondary N) is 1. The van der Waals surface area contributed by atoms with Gasteiger partial charge in [-0.15, -0.1) is 0 Å². The Balaban J connectivity index is 1.24. The van der Waals surface area contributed by atoms with Crippen molar-refractivity contribution in [3.63, 3.8) is 0 Å². The van der Waals surface area contributed by atoms with Gasteiger partial charge >= 0.3 is 0 Å². The first-order valence-corrected chi connectivity index (χ1v) is 11.2. The molecule has 1 N–H and O–H groups in total. The van der Waals surface area contributed by atoms with Gasteiger partial charge in [0.25, 0.3) is 11.8 Å². The predicted octanol–water partition coefficient (Wildman–Crippen LogP) is 3.95. The fourth-order valence-corrected chi connectivity index (χ4v) is 3.97. The molecular formula is C26H23FN4O4. The molecule has 0 atom stereocenters. The highest BCUT2D eigenvalue weighted by Crippen LogP contribution is 2.27. The summed E-state index contributed by atoms with van der Waals surface area (Å²) >= 11 is 0. The lowest BCUT2D eigenvalue weighted by Gasteiger charge is -2.35. The number of aromatic nitrogens is 1. The minimum Gasteiger partial charge on any atom is -0.481 e. The summed E-state index contributed by atoms with van der Waals surface area (Å²) in [6, 6.07) is 18.3. The molecule has 0 radical (unpaired) electrons. The number of fused-ring (bicyclic) bond motifs is 1. The summed E-state index contributed by atoms with van der Waals surface area (Å²) in [5.41, 5.74) is 1.14. The van der Waals surface area contributed by atoms with Gasteiger partial charge in [-0.25, -0.2) is 9.37 Å². The molecule has 5 rings (SSSR count). The van der Waals surface area contributed by atoms with Crippen LogP contribution in [-0.4, -0.2) is 54.5 Å². The van der Waals surface area contributed by atoms with E-state index in [4.69, 9.17) is 14.1 Å². The largest absolute Gasteiger partial charge is 0.481 e. The standard InChI is InChI=1S/C26H23FN4O4/c27-19-7-9-20(10-8-19)28-24(32)17-35-21-4-1-3-18-6-11-23(29-25(18)21)30-12-14-31(15-13-30)26(33)22-5-2-16-34-22/h1-11,16H,12-15,17H2,(H,28,32). The number of rotatable bonds is 6. The van der Waals surface area contributed by atoms with Crippen LogP contribution < -0.4 is 15.0 Å². The van der Waals surface area contributed by atoms with Gasteiger partial charge in [0.05, 0.1) is 6.26 Å².